The minimum absolute atomic E-state index is 0.175. The number of nitrogens with zero attached hydrogens (tertiary/aromatic N) is 1. The van der Waals surface area contributed by atoms with Gasteiger partial charge in [-0.05, 0) is 58.9 Å². The topological polar surface area (TPSA) is 58.4 Å². The van der Waals surface area contributed by atoms with Crippen molar-refractivity contribution < 1.29 is 4.79 Å². The van der Waals surface area contributed by atoms with E-state index in [0.717, 1.165) is 42.6 Å². The van der Waals surface area contributed by atoms with Crippen molar-refractivity contribution in [3.8, 4) is 0 Å². The molecule has 1 aliphatic rings. The fourth-order valence-corrected chi connectivity index (χ4v) is 3.40. The van der Waals surface area contributed by atoms with E-state index in [1.54, 1.807) is 0 Å². The summed E-state index contributed by atoms with van der Waals surface area (Å²) in [5, 5.41) is 3.44. The molecule has 5 heteroatoms. The van der Waals surface area contributed by atoms with E-state index in [4.69, 9.17) is 5.73 Å². The monoisotopic (exact) mass is 353 g/mol. The molecular weight excluding hydrogens is 330 g/mol. The highest BCUT2D eigenvalue weighted by molar-refractivity contribution is 9.10. The van der Waals surface area contributed by atoms with Crippen LogP contribution in [0.5, 0.6) is 0 Å². The van der Waals surface area contributed by atoms with E-state index < -0.39 is 0 Å². The van der Waals surface area contributed by atoms with Crippen LogP contribution in [0.3, 0.4) is 0 Å². The average Bonchev–Trinajstić information content (AvgIpc) is 2.87. The second kappa shape index (κ2) is 7.27. The van der Waals surface area contributed by atoms with E-state index in [2.05, 4.69) is 58.2 Å². The molecule has 1 atom stereocenters. The molecule has 0 saturated carbocycles. The molecule has 2 rings (SSSR count). The lowest BCUT2D eigenvalue weighted by molar-refractivity contribution is -0.119. The molecule has 1 heterocycles. The number of hydrogen-bond donors (Lipinski definition) is 2. The largest absolute Gasteiger partial charge is 0.368 e. The average molecular weight is 354 g/mol. The highest BCUT2D eigenvalue weighted by atomic mass is 79.9. The Morgan fingerprint density at radius 1 is 1.52 bits per heavy atom. The molecule has 3 N–H and O–H groups in total. The van der Waals surface area contributed by atoms with Crippen LogP contribution in [0.25, 0.3) is 0 Å². The van der Waals surface area contributed by atoms with Gasteiger partial charge in [0.05, 0.1) is 5.69 Å². The second-order valence-electron chi connectivity index (χ2n) is 6.06. The molecule has 1 amide bonds. The maximum Gasteiger partial charge on any atom is 0.240 e. The Morgan fingerprint density at radius 3 is 2.90 bits per heavy atom. The predicted molar refractivity (Wildman–Crippen MR) is 90.2 cm³/mol. The molecule has 21 heavy (non-hydrogen) atoms. The molecule has 0 aromatic heterocycles. The highest BCUT2D eigenvalue weighted by Crippen LogP contribution is 2.32. The Labute approximate surface area is 135 Å². The van der Waals surface area contributed by atoms with Gasteiger partial charge in [0.1, 0.15) is 6.04 Å². The third kappa shape index (κ3) is 4.20. The zero-order valence-electron chi connectivity index (χ0n) is 12.7. The van der Waals surface area contributed by atoms with Crippen LogP contribution < -0.4 is 16.0 Å². The molecular formula is C16H24BrN3O. The van der Waals surface area contributed by atoms with Gasteiger partial charge in [-0.15, -0.1) is 0 Å². The molecule has 1 saturated heterocycles. The van der Waals surface area contributed by atoms with Crippen molar-refractivity contribution in [2.75, 3.05) is 18.0 Å². The minimum atomic E-state index is -0.234. The number of nitrogens with two attached hydrogens (primary N) is 1. The van der Waals surface area contributed by atoms with E-state index in [9.17, 15) is 4.79 Å². The zero-order valence-corrected chi connectivity index (χ0v) is 14.3. The van der Waals surface area contributed by atoms with Gasteiger partial charge in [0.15, 0.2) is 0 Å². The van der Waals surface area contributed by atoms with Crippen molar-refractivity contribution in [2.45, 2.75) is 39.3 Å². The van der Waals surface area contributed by atoms with Crippen LogP contribution in [0, 0.1) is 5.92 Å². The van der Waals surface area contributed by atoms with Gasteiger partial charge in [-0.3, -0.25) is 4.79 Å². The van der Waals surface area contributed by atoms with Gasteiger partial charge in [0.2, 0.25) is 5.91 Å². The van der Waals surface area contributed by atoms with E-state index in [-0.39, 0.29) is 11.9 Å². The van der Waals surface area contributed by atoms with Crippen molar-refractivity contribution in [1.29, 1.82) is 0 Å². The number of anilines is 1. The molecule has 1 fully saturated rings. The van der Waals surface area contributed by atoms with Crippen LogP contribution in [0.15, 0.2) is 22.7 Å². The zero-order chi connectivity index (χ0) is 15.4. The Balaban J connectivity index is 2.07. The summed E-state index contributed by atoms with van der Waals surface area (Å²) in [6.07, 6.45) is 1.86. The number of carbonyl (C=O) groups is 1. The van der Waals surface area contributed by atoms with Gasteiger partial charge in [-0.1, -0.05) is 19.9 Å². The number of benzene rings is 1. The quantitative estimate of drug-likeness (QED) is 0.826. The Bertz CT molecular complexity index is 504. The van der Waals surface area contributed by atoms with Crippen molar-refractivity contribution in [1.82, 2.24) is 5.32 Å². The van der Waals surface area contributed by atoms with Crippen LogP contribution in [-0.2, 0) is 11.3 Å². The minimum Gasteiger partial charge on any atom is -0.368 e. The molecule has 0 bridgehead atoms. The standard InChI is InChI=1S/C16H24BrN3O/c1-11(2)9-19-10-12-5-6-14(13(17)8-12)20-7-3-4-15(20)16(18)21/h5-6,8,11,15,19H,3-4,7,9-10H2,1-2H3,(H2,18,21). The number of halogens is 1. The number of rotatable bonds is 6. The van der Waals surface area contributed by atoms with Crippen LogP contribution in [0.1, 0.15) is 32.3 Å². The number of amides is 1. The number of hydrogen-bond acceptors (Lipinski definition) is 3. The SMILES string of the molecule is CC(C)CNCc1ccc(N2CCCC2C(N)=O)c(Br)c1. The van der Waals surface area contributed by atoms with E-state index in [1.165, 1.54) is 5.56 Å². The Morgan fingerprint density at radius 2 is 2.29 bits per heavy atom. The van der Waals surface area contributed by atoms with Gasteiger partial charge >= 0.3 is 0 Å². The number of nitrogens with one attached hydrogen (secondary N) is 1. The second-order valence-corrected chi connectivity index (χ2v) is 6.92. The van der Waals surface area contributed by atoms with Crippen LogP contribution >= 0.6 is 15.9 Å². The molecule has 1 aliphatic heterocycles. The smallest absolute Gasteiger partial charge is 0.240 e. The fraction of sp³-hybridized carbons (Fsp3) is 0.562. The lowest BCUT2D eigenvalue weighted by Crippen LogP contribution is -2.40. The summed E-state index contributed by atoms with van der Waals surface area (Å²) in [7, 11) is 0. The Hall–Kier alpha value is -1.07. The van der Waals surface area contributed by atoms with Gasteiger partial charge in [0.25, 0.3) is 0 Å². The van der Waals surface area contributed by atoms with E-state index in [1.807, 2.05) is 0 Å². The molecule has 116 valence electrons. The van der Waals surface area contributed by atoms with Crippen molar-refractivity contribution >= 4 is 27.5 Å². The molecule has 0 spiro atoms. The summed E-state index contributed by atoms with van der Waals surface area (Å²) in [4.78, 5) is 13.6. The molecule has 1 unspecified atom stereocenters. The van der Waals surface area contributed by atoms with Gasteiger partial charge < -0.3 is 16.0 Å². The first-order valence-electron chi connectivity index (χ1n) is 7.54. The van der Waals surface area contributed by atoms with Gasteiger partial charge in [-0.2, -0.15) is 0 Å². The maximum atomic E-state index is 11.5. The third-order valence-corrected chi connectivity index (χ3v) is 4.42. The van der Waals surface area contributed by atoms with Gasteiger partial charge in [0, 0.05) is 17.6 Å². The van der Waals surface area contributed by atoms with Crippen LogP contribution in [-0.4, -0.2) is 25.0 Å². The van der Waals surface area contributed by atoms with Gasteiger partial charge in [-0.25, -0.2) is 0 Å². The van der Waals surface area contributed by atoms with Crippen molar-refractivity contribution in [3.63, 3.8) is 0 Å². The molecule has 0 aliphatic carbocycles. The summed E-state index contributed by atoms with van der Waals surface area (Å²) in [5.74, 6) is 0.413. The lowest BCUT2D eigenvalue weighted by atomic mass is 10.1. The first-order chi connectivity index (χ1) is 9.99. The molecule has 4 nitrogen and oxygen atoms in total. The van der Waals surface area contributed by atoms with Crippen LogP contribution in [0.2, 0.25) is 0 Å². The predicted octanol–water partition coefficient (Wildman–Crippen LogP) is 2.65. The first kappa shape index (κ1) is 16.3. The normalized spacial score (nSPS) is 18.5. The van der Waals surface area contributed by atoms with Crippen molar-refractivity contribution in [3.05, 3.63) is 28.2 Å². The van der Waals surface area contributed by atoms with E-state index in [0.29, 0.717) is 5.92 Å². The fourth-order valence-electron chi connectivity index (χ4n) is 2.75. The van der Waals surface area contributed by atoms with E-state index >= 15 is 0 Å². The molecule has 0 radical (unpaired) electrons. The Kier molecular flexibility index (Phi) is 5.65. The summed E-state index contributed by atoms with van der Waals surface area (Å²) in [6.45, 7) is 7.15. The summed E-state index contributed by atoms with van der Waals surface area (Å²) in [5.41, 5.74) is 7.79. The lowest BCUT2D eigenvalue weighted by Gasteiger charge is -2.26. The molecule has 1 aromatic carbocycles. The summed E-state index contributed by atoms with van der Waals surface area (Å²) in [6, 6.07) is 6.15. The maximum absolute atomic E-state index is 11.5. The molecule has 1 aromatic rings. The van der Waals surface area contributed by atoms with Crippen molar-refractivity contribution in [2.24, 2.45) is 11.7 Å². The summed E-state index contributed by atoms with van der Waals surface area (Å²) >= 11 is 3.63. The number of carbonyl (C=O) groups excluding carboxylic acids is 1. The highest BCUT2D eigenvalue weighted by Gasteiger charge is 2.30. The third-order valence-electron chi connectivity index (χ3n) is 3.78. The number of primary amides is 1. The summed E-state index contributed by atoms with van der Waals surface area (Å²) < 4.78 is 1.03. The first-order valence-corrected chi connectivity index (χ1v) is 8.33. The van der Waals surface area contributed by atoms with Crippen LogP contribution in [0.4, 0.5) is 5.69 Å².